The van der Waals surface area contributed by atoms with Crippen molar-refractivity contribution in [2.75, 3.05) is 0 Å². The Morgan fingerprint density at radius 3 is 2.38 bits per heavy atom. The Morgan fingerprint density at radius 2 is 1.79 bits per heavy atom. The normalized spacial score (nSPS) is 11.9. The molecule has 2 rings (SSSR count). The molecule has 1 atom stereocenters. The van der Waals surface area contributed by atoms with E-state index in [0.29, 0.717) is 4.47 Å². The fourth-order valence-corrected chi connectivity index (χ4v) is 2.21. The number of benzene rings is 1. The van der Waals surface area contributed by atoms with Gasteiger partial charge in [0.05, 0.1) is 5.56 Å². The number of hydrogen-bond donors (Lipinski definition) is 0. The van der Waals surface area contributed by atoms with Crippen molar-refractivity contribution in [2.24, 2.45) is 0 Å². The Hall–Kier alpha value is -2.35. The van der Waals surface area contributed by atoms with Crippen LogP contribution in [0.3, 0.4) is 0 Å². The molecule has 1 aromatic carbocycles. The molecule has 1 heterocycles. The number of nitrogens with zero attached hydrogens (tertiary/aromatic N) is 1. The average molecular weight is 400 g/mol. The topological polar surface area (TPSA) is 65.5 Å². The standard InChI is InChI=1S/C16H12BrF2NO4/c1-9(23-15(22)11-6-12(17)8-20-7-11)14(21)10-2-4-13(5-3-10)24-16(18)19/h2-9,16H,1H3/t9-/m1/s1. The molecular formula is C16H12BrF2NO4. The van der Waals surface area contributed by atoms with E-state index >= 15 is 0 Å². The molecule has 0 N–H and O–H groups in total. The minimum atomic E-state index is -2.94. The van der Waals surface area contributed by atoms with Crippen LogP contribution < -0.4 is 4.74 Å². The van der Waals surface area contributed by atoms with Gasteiger partial charge in [-0.2, -0.15) is 8.78 Å². The summed E-state index contributed by atoms with van der Waals surface area (Å²) in [5.74, 6) is -1.22. The van der Waals surface area contributed by atoms with Crippen molar-refractivity contribution >= 4 is 27.7 Å². The van der Waals surface area contributed by atoms with Crippen LogP contribution >= 0.6 is 15.9 Å². The first-order valence-corrected chi connectivity index (χ1v) is 7.56. The Kier molecular flexibility index (Phi) is 5.97. The summed E-state index contributed by atoms with van der Waals surface area (Å²) in [6, 6.07) is 6.65. The fraction of sp³-hybridized carbons (Fsp3) is 0.188. The maximum Gasteiger partial charge on any atom is 0.387 e. The van der Waals surface area contributed by atoms with Gasteiger partial charge in [0, 0.05) is 22.4 Å². The predicted molar refractivity (Wildman–Crippen MR) is 84.2 cm³/mol. The molecule has 0 bridgehead atoms. The van der Waals surface area contributed by atoms with Crippen LogP contribution in [0.25, 0.3) is 0 Å². The third kappa shape index (κ3) is 4.82. The second kappa shape index (κ2) is 7.96. The van der Waals surface area contributed by atoms with Gasteiger partial charge in [-0.15, -0.1) is 0 Å². The first-order valence-electron chi connectivity index (χ1n) is 6.77. The number of esters is 1. The molecule has 1 aromatic heterocycles. The maximum atomic E-state index is 12.2. The second-order valence-electron chi connectivity index (χ2n) is 4.71. The SMILES string of the molecule is C[C@@H](OC(=O)c1cncc(Br)c1)C(=O)c1ccc(OC(F)F)cc1. The van der Waals surface area contributed by atoms with Gasteiger partial charge in [-0.05, 0) is 53.2 Å². The summed E-state index contributed by atoms with van der Waals surface area (Å²) in [5.41, 5.74) is 0.411. The van der Waals surface area contributed by atoms with Gasteiger partial charge in [-0.3, -0.25) is 9.78 Å². The first-order chi connectivity index (χ1) is 11.4. The van der Waals surface area contributed by atoms with E-state index < -0.39 is 24.5 Å². The predicted octanol–water partition coefficient (Wildman–Crippen LogP) is 3.87. The van der Waals surface area contributed by atoms with Gasteiger partial charge in [-0.1, -0.05) is 0 Å². The quantitative estimate of drug-likeness (QED) is 0.544. The number of pyridine rings is 1. The second-order valence-corrected chi connectivity index (χ2v) is 5.62. The van der Waals surface area contributed by atoms with Crippen molar-refractivity contribution in [3.8, 4) is 5.75 Å². The molecule has 126 valence electrons. The number of hydrogen-bond acceptors (Lipinski definition) is 5. The first kappa shape index (κ1) is 18.0. The van der Waals surface area contributed by atoms with E-state index in [2.05, 4.69) is 25.7 Å². The minimum Gasteiger partial charge on any atom is -0.451 e. The average Bonchev–Trinajstić information content (AvgIpc) is 2.54. The highest BCUT2D eigenvalue weighted by Gasteiger charge is 2.21. The zero-order chi connectivity index (χ0) is 17.7. The molecule has 0 fully saturated rings. The number of ketones is 1. The molecule has 8 heteroatoms. The number of halogens is 3. The summed E-state index contributed by atoms with van der Waals surface area (Å²) in [4.78, 5) is 28.0. The number of alkyl halides is 2. The molecule has 2 aromatic rings. The van der Waals surface area contributed by atoms with Gasteiger partial charge in [0.25, 0.3) is 0 Å². The van der Waals surface area contributed by atoms with Crippen molar-refractivity contribution in [3.63, 3.8) is 0 Å². The Balaban J connectivity index is 2.02. The summed E-state index contributed by atoms with van der Waals surface area (Å²) >= 11 is 3.18. The molecule has 5 nitrogen and oxygen atoms in total. The molecule has 0 aliphatic carbocycles. The van der Waals surface area contributed by atoms with Crippen molar-refractivity contribution in [1.29, 1.82) is 0 Å². The summed E-state index contributed by atoms with van der Waals surface area (Å²) in [5, 5.41) is 0. The van der Waals surface area contributed by atoms with Gasteiger partial charge < -0.3 is 9.47 Å². The molecule has 0 spiro atoms. The summed E-state index contributed by atoms with van der Waals surface area (Å²) < 4.78 is 34.1. The number of rotatable bonds is 6. The van der Waals surface area contributed by atoms with Crippen LogP contribution in [0, 0.1) is 0 Å². The maximum absolute atomic E-state index is 12.2. The van der Waals surface area contributed by atoms with E-state index in [1.54, 1.807) is 0 Å². The summed E-state index contributed by atoms with van der Waals surface area (Å²) in [6.45, 7) is -1.51. The Labute approximate surface area is 144 Å². The van der Waals surface area contributed by atoms with Crippen LogP contribution in [0.4, 0.5) is 8.78 Å². The van der Waals surface area contributed by atoms with Gasteiger partial charge in [-0.25, -0.2) is 4.79 Å². The zero-order valence-electron chi connectivity index (χ0n) is 12.4. The molecule has 0 aliphatic rings. The molecule has 0 saturated heterocycles. The lowest BCUT2D eigenvalue weighted by Crippen LogP contribution is -2.24. The fourth-order valence-electron chi connectivity index (χ4n) is 1.84. The van der Waals surface area contributed by atoms with Crippen LogP contribution in [0.15, 0.2) is 47.2 Å². The van der Waals surface area contributed by atoms with Gasteiger partial charge >= 0.3 is 12.6 Å². The van der Waals surface area contributed by atoms with Crippen LogP contribution in [0.1, 0.15) is 27.6 Å². The summed E-state index contributed by atoms with van der Waals surface area (Å²) in [7, 11) is 0. The van der Waals surface area contributed by atoms with Gasteiger partial charge in [0.2, 0.25) is 5.78 Å². The van der Waals surface area contributed by atoms with E-state index in [9.17, 15) is 18.4 Å². The molecule has 0 unspecified atom stereocenters. The molecule has 0 radical (unpaired) electrons. The van der Waals surface area contributed by atoms with Gasteiger partial charge in [0.15, 0.2) is 6.10 Å². The Morgan fingerprint density at radius 1 is 1.12 bits per heavy atom. The minimum absolute atomic E-state index is 0.0635. The van der Waals surface area contributed by atoms with E-state index in [4.69, 9.17) is 4.74 Å². The molecule has 0 aliphatic heterocycles. The van der Waals surface area contributed by atoms with E-state index in [1.165, 1.54) is 49.6 Å². The lowest BCUT2D eigenvalue weighted by Gasteiger charge is -2.13. The van der Waals surface area contributed by atoms with E-state index in [-0.39, 0.29) is 16.9 Å². The highest BCUT2D eigenvalue weighted by molar-refractivity contribution is 9.10. The lowest BCUT2D eigenvalue weighted by atomic mass is 10.1. The van der Waals surface area contributed by atoms with Gasteiger partial charge in [0.1, 0.15) is 5.75 Å². The van der Waals surface area contributed by atoms with Crippen LogP contribution in [0.2, 0.25) is 0 Å². The largest absolute Gasteiger partial charge is 0.451 e. The lowest BCUT2D eigenvalue weighted by molar-refractivity contribution is -0.0498. The van der Waals surface area contributed by atoms with Crippen molar-refractivity contribution < 1.29 is 27.8 Å². The molecular weight excluding hydrogens is 388 g/mol. The Bertz CT molecular complexity index is 737. The van der Waals surface area contributed by atoms with Crippen LogP contribution in [-0.4, -0.2) is 29.5 Å². The number of carbonyl (C=O) groups excluding carboxylic acids is 2. The van der Waals surface area contributed by atoms with Crippen molar-refractivity contribution in [1.82, 2.24) is 4.98 Å². The number of aromatic nitrogens is 1. The van der Waals surface area contributed by atoms with Crippen LogP contribution in [-0.2, 0) is 4.74 Å². The molecule has 0 saturated carbocycles. The highest BCUT2D eigenvalue weighted by atomic mass is 79.9. The summed E-state index contributed by atoms with van der Waals surface area (Å²) in [6.07, 6.45) is 1.79. The van der Waals surface area contributed by atoms with Crippen LogP contribution in [0.5, 0.6) is 5.75 Å². The molecule has 0 amide bonds. The van der Waals surface area contributed by atoms with Crippen molar-refractivity contribution in [2.45, 2.75) is 19.6 Å². The van der Waals surface area contributed by atoms with Crippen molar-refractivity contribution in [3.05, 3.63) is 58.3 Å². The van der Waals surface area contributed by atoms with E-state index in [0.717, 1.165) is 0 Å². The number of carbonyl (C=O) groups is 2. The molecule has 24 heavy (non-hydrogen) atoms. The third-order valence-electron chi connectivity index (χ3n) is 2.96. The highest BCUT2D eigenvalue weighted by Crippen LogP contribution is 2.17. The monoisotopic (exact) mass is 399 g/mol. The third-order valence-corrected chi connectivity index (χ3v) is 3.39. The smallest absolute Gasteiger partial charge is 0.387 e. The zero-order valence-corrected chi connectivity index (χ0v) is 14.0. The van der Waals surface area contributed by atoms with E-state index in [1.807, 2.05) is 0 Å². The number of Topliss-reactive ketones (excluding diaryl/α,β-unsaturated/α-hetero) is 1. The number of ether oxygens (including phenoxy) is 2.